The number of benzene rings is 1. The molecule has 0 amide bonds. The maximum atomic E-state index is 14.2. The Labute approximate surface area is 188 Å². The van der Waals surface area contributed by atoms with Crippen LogP contribution < -0.4 is 10.6 Å². The molecule has 9 heteroatoms. The number of nitrogens with zero attached hydrogens (tertiary/aromatic N) is 4. The fourth-order valence-corrected chi connectivity index (χ4v) is 3.11. The standard InChI is InChI=1S/C20H30F2N6.HI/c1-7-23-20(24-11-15-13(2)26-28(6)14(15)3)25-12-18(27(4)5)19-16(21)9-8-10-17(19)22;/h8-10,18H,7,11-12H2,1-6H3,(H2,23,24,25);1H. The summed E-state index contributed by atoms with van der Waals surface area (Å²) in [7, 11) is 5.50. The average Bonchev–Trinajstić information content (AvgIpc) is 2.86. The molecule has 0 aliphatic heterocycles. The quantitative estimate of drug-likeness (QED) is 0.335. The molecule has 0 saturated heterocycles. The number of halogens is 3. The first-order valence-electron chi connectivity index (χ1n) is 9.37. The lowest BCUT2D eigenvalue weighted by atomic mass is 10.0. The summed E-state index contributed by atoms with van der Waals surface area (Å²) in [6.07, 6.45) is 0. The molecule has 1 atom stereocenters. The molecular weight excluding hydrogens is 489 g/mol. The van der Waals surface area contributed by atoms with E-state index in [2.05, 4.69) is 20.7 Å². The van der Waals surface area contributed by atoms with E-state index in [9.17, 15) is 8.78 Å². The van der Waals surface area contributed by atoms with Gasteiger partial charge in [0.2, 0.25) is 0 Å². The highest BCUT2D eigenvalue weighted by atomic mass is 127. The Hall–Kier alpha value is -1.75. The van der Waals surface area contributed by atoms with Crippen LogP contribution in [0.1, 0.15) is 35.5 Å². The Morgan fingerprint density at radius 1 is 1.21 bits per heavy atom. The normalized spacial score (nSPS) is 12.7. The van der Waals surface area contributed by atoms with Crippen LogP contribution in [0.5, 0.6) is 0 Å². The van der Waals surface area contributed by atoms with Gasteiger partial charge in [-0.05, 0) is 47.0 Å². The van der Waals surface area contributed by atoms with Crippen molar-refractivity contribution in [3.63, 3.8) is 0 Å². The Bertz CT molecular complexity index is 814. The van der Waals surface area contributed by atoms with Crippen molar-refractivity contribution in [2.75, 3.05) is 27.2 Å². The minimum absolute atomic E-state index is 0. The van der Waals surface area contributed by atoms with Crippen LogP contribution in [0.3, 0.4) is 0 Å². The Morgan fingerprint density at radius 3 is 2.31 bits per heavy atom. The van der Waals surface area contributed by atoms with E-state index in [1.54, 1.807) is 19.0 Å². The summed E-state index contributed by atoms with van der Waals surface area (Å²) >= 11 is 0. The highest BCUT2D eigenvalue weighted by Crippen LogP contribution is 2.23. The molecule has 162 valence electrons. The van der Waals surface area contributed by atoms with Crippen molar-refractivity contribution < 1.29 is 8.78 Å². The fraction of sp³-hybridized carbons (Fsp3) is 0.500. The van der Waals surface area contributed by atoms with Gasteiger partial charge in [0.05, 0.1) is 18.3 Å². The number of hydrogen-bond donors (Lipinski definition) is 2. The van der Waals surface area contributed by atoms with Gasteiger partial charge in [-0.2, -0.15) is 5.10 Å². The van der Waals surface area contributed by atoms with Gasteiger partial charge in [-0.1, -0.05) is 6.07 Å². The molecule has 1 aromatic heterocycles. The van der Waals surface area contributed by atoms with Gasteiger partial charge in [0.15, 0.2) is 5.96 Å². The predicted molar refractivity (Wildman–Crippen MR) is 124 cm³/mol. The number of aryl methyl sites for hydroxylation is 2. The van der Waals surface area contributed by atoms with Gasteiger partial charge in [0.1, 0.15) is 11.6 Å². The van der Waals surface area contributed by atoms with Crippen LogP contribution in [0.4, 0.5) is 8.78 Å². The van der Waals surface area contributed by atoms with Crippen molar-refractivity contribution in [1.29, 1.82) is 0 Å². The summed E-state index contributed by atoms with van der Waals surface area (Å²) in [5.41, 5.74) is 3.13. The molecule has 6 nitrogen and oxygen atoms in total. The van der Waals surface area contributed by atoms with Crippen LogP contribution in [0.2, 0.25) is 0 Å². The van der Waals surface area contributed by atoms with E-state index in [0.29, 0.717) is 25.6 Å². The Balaban J connectivity index is 0.00000420. The second-order valence-electron chi connectivity index (χ2n) is 6.96. The van der Waals surface area contributed by atoms with E-state index >= 15 is 0 Å². The van der Waals surface area contributed by atoms with Crippen LogP contribution >= 0.6 is 24.0 Å². The molecular formula is C20H31F2IN6. The highest BCUT2D eigenvalue weighted by molar-refractivity contribution is 14.0. The van der Waals surface area contributed by atoms with Crippen molar-refractivity contribution >= 4 is 29.9 Å². The van der Waals surface area contributed by atoms with E-state index in [-0.39, 0.29) is 29.5 Å². The summed E-state index contributed by atoms with van der Waals surface area (Å²) in [5, 5.41) is 10.8. The average molecular weight is 520 g/mol. The molecule has 1 unspecified atom stereocenters. The summed E-state index contributed by atoms with van der Waals surface area (Å²) in [4.78, 5) is 6.41. The van der Waals surface area contributed by atoms with E-state index in [1.165, 1.54) is 18.2 Å². The third kappa shape index (κ3) is 6.36. The third-order valence-electron chi connectivity index (χ3n) is 4.82. The number of aromatic nitrogens is 2. The zero-order chi connectivity index (χ0) is 20.8. The van der Waals surface area contributed by atoms with Crippen LogP contribution in [0, 0.1) is 25.5 Å². The van der Waals surface area contributed by atoms with E-state index in [0.717, 1.165) is 17.0 Å². The lowest BCUT2D eigenvalue weighted by Crippen LogP contribution is -2.42. The van der Waals surface area contributed by atoms with Gasteiger partial charge in [-0.3, -0.25) is 4.68 Å². The molecule has 0 spiro atoms. The van der Waals surface area contributed by atoms with Crippen LogP contribution in [-0.4, -0.2) is 47.8 Å². The van der Waals surface area contributed by atoms with Crippen molar-refractivity contribution in [3.8, 4) is 0 Å². The fourth-order valence-electron chi connectivity index (χ4n) is 3.11. The van der Waals surface area contributed by atoms with Gasteiger partial charge in [0.25, 0.3) is 0 Å². The predicted octanol–water partition coefficient (Wildman–Crippen LogP) is 3.29. The number of hydrogen-bond acceptors (Lipinski definition) is 3. The first-order chi connectivity index (χ1) is 13.3. The van der Waals surface area contributed by atoms with E-state index in [4.69, 9.17) is 0 Å². The highest BCUT2D eigenvalue weighted by Gasteiger charge is 2.22. The van der Waals surface area contributed by atoms with Gasteiger partial charge >= 0.3 is 0 Å². The zero-order valence-corrected chi connectivity index (χ0v) is 20.2. The molecule has 0 radical (unpaired) electrons. The lowest BCUT2D eigenvalue weighted by molar-refractivity contribution is 0.282. The first kappa shape index (κ1) is 25.3. The molecule has 29 heavy (non-hydrogen) atoms. The smallest absolute Gasteiger partial charge is 0.191 e. The van der Waals surface area contributed by atoms with Gasteiger partial charge in [-0.25, -0.2) is 13.8 Å². The molecule has 2 aromatic rings. The molecule has 0 bridgehead atoms. The number of aliphatic imine (C=N–C) groups is 1. The minimum atomic E-state index is -0.552. The van der Waals surface area contributed by atoms with Crippen LogP contribution in [-0.2, 0) is 13.6 Å². The summed E-state index contributed by atoms with van der Waals surface area (Å²) in [5.74, 6) is -0.512. The molecule has 0 fully saturated rings. The van der Waals surface area contributed by atoms with E-state index in [1.807, 2.05) is 32.5 Å². The molecule has 0 saturated carbocycles. The van der Waals surface area contributed by atoms with Gasteiger partial charge in [0, 0.05) is 37.0 Å². The van der Waals surface area contributed by atoms with Crippen LogP contribution in [0.25, 0.3) is 0 Å². The van der Waals surface area contributed by atoms with Gasteiger partial charge < -0.3 is 15.5 Å². The third-order valence-corrected chi connectivity index (χ3v) is 4.82. The largest absolute Gasteiger partial charge is 0.357 e. The van der Waals surface area contributed by atoms with Crippen molar-refractivity contribution in [2.24, 2.45) is 12.0 Å². The lowest BCUT2D eigenvalue weighted by Gasteiger charge is -2.26. The second-order valence-corrected chi connectivity index (χ2v) is 6.96. The van der Waals surface area contributed by atoms with Crippen molar-refractivity contribution in [2.45, 2.75) is 33.4 Å². The topological polar surface area (TPSA) is 57.5 Å². The number of likely N-dealkylation sites (N-methyl/N-ethyl adjacent to an activating group) is 1. The molecule has 1 aromatic carbocycles. The number of guanidine groups is 1. The Morgan fingerprint density at radius 2 is 1.83 bits per heavy atom. The maximum Gasteiger partial charge on any atom is 0.191 e. The second kappa shape index (κ2) is 11.4. The summed E-state index contributed by atoms with van der Waals surface area (Å²) < 4.78 is 30.3. The van der Waals surface area contributed by atoms with Gasteiger partial charge in [-0.15, -0.1) is 24.0 Å². The molecule has 0 aliphatic rings. The molecule has 0 aliphatic carbocycles. The van der Waals surface area contributed by atoms with Crippen molar-refractivity contribution in [3.05, 3.63) is 52.3 Å². The first-order valence-corrected chi connectivity index (χ1v) is 9.37. The molecule has 1 heterocycles. The maximum absolute atomic E-state index is 14.2. The minimum Gasteiger partial charge on any atom is -0.357 e. The SMILES string of the molecule is CCNC(=NCc1c(C)nn(C)c1C)NCC(c1c(F)cccc1F)N(C)C.I. The van der Waals surface area contributed by atoms with Crippen molar-refractivity contribution in [1.82, 2.24) is 25.3 Å². The summed E-state index contributed by atoms with van der Waals surface area (Å²) in [6, 6.07) is 3.45. The summed E-state index contributed by atoms with van der Waals surface area (Å²) in [6.45, 7) is 7.40. The van der Waals surface area contributed by atoms with E-state index < -0.39 is 17.7 Å². The monoisotopic (exact) mass is 520 g/mol. The zero-order valence-electron chi connectivity index (χ0n) is 17.9. The Kier molecular flexibility index (Phi) is 9.97. The van der Waals surface area contributed by atoms with Crippen LogP contribution in [0.15, 0.2) is 23.2 Å². The molecule has 2 rings (SSSR count). The number of nitrogens with one attached hydrogen (secondary N) is 2. The molecule has 2 N–H and O–H groups in total. The number of rotatable bonds is 7.